The summed E-state index contributed by atoms with van der Waals surface area (Å²) in [6.45, 7) is 8.55. The predicted octanol–water partition coefficient (Wildman–Crippen LogP) is 4.72. The fraction of sp³-hybridized carbons (Fsp3) is 0.900. The van der Waals surface area contributed by atoms with Gasteiger partial charge in [0.15, 0.2) is 5.79 Å². The van der Waals surface area contributed by atoms with Gasteiger partial charge in [-0.25, -0.2) is 0 Å². The van der Waals surface area contributed by atoms with Crippen LogP contribution in [0.2, 0.25) is 0 Å². The minimum absolute atomic E-state index is 0.317. The van der Waals surface area contributed by atoms with Crippen molar-refractivity contribution in [2.45, 2.75) is 76.6 Å². The van der Waals surface area contributed by atoms with E-state index in [9.17, 15) is 0 Å². The Morgan fingerprint density at radius 1 is 1.08 bits per heavy atom. The topological polar surface area (TPSA) is 40.2 Å². The lowest BCUT2D eigenvalue weighted by atomic mass is 9.87. The molecule has 0 aromatic carbocycles. The SMILES string of the molecule is C=CC(OC)(OC)C(CCCCCCCC)CCCOCC1CO1. The molecule has 0 amide bonds. The van der Waals surface area contributed by atoms with Gasteiger partial charge in [0.2, 0.25) is 0 Å². The van der Waals surface area contributed by atoms with Gasteiger partial charge in [0.25, 0.3) is 0 Å². The van der Waals surface area contributed by atoms with Crippen LogP contribution in [0.1, 0.15) is 64.7 Å². The van der Waals surface area contributed by atoms with Crippen LogP contribution in [0.4, 0.5) is 0 Å². The summed E-state index contributed by atoms with van der Waals surface area (Å²) in [5, 5.41) is 0. The Balaban J connectivity index is 2.34. The Morgan fingerprint density at radius 2 is 1.71 bits per heavy atom. The van der Waals surface area contributed by atoms with Crippen LogP contribution in [0.15, 0.2) is 12.7 Å². The van der Waals surface area contributed by atoms with Crippen LogP contribution in [0.3, 0.4) is 0 Å². The maximum Gasteiger partial charge on any atom is 0.189 e. The molecule has 0 aromatic heterocycles. The molecule has 24 heavy (non-hydrogen) atoms. The molecule has 0 N–H and O–H groups in total. The number of epoxide rings is 1. The fourth-order valence-electron chi connectivity index (χ4n) is 3.28. The Kier molecular flexibility index (Phi) is 11.6. The van der Waals surface area contributed by atoms with Crippen LogP contribution in [0, 0.1) is 5.92 Å². The highest BCUT2D eigenvalue weighted by Crippen LogP contribution is 2.32. The second-order valence-corrected chi connectivity index (χ2v) is 6.76. The molecule has 0 saturated carbocycles. The van der Waals surface area contributed by atoms with E-state index in [-0.39, 0.29) is 0 Å². The Morgan fingerprint density at radius 3 is 2.29 bits per heavy atom. The molecule has 1 heterocycles. The Hall–Kier alpha value is -0.420. The van der Waals surface area contributed by atoms with Gasteiger partial charge < -0.3 is 18.9 Å². The van der Waals surface area contributed by atoms with E-state index in [0.717, 1.165) is 39.1 Å². The molecular formula is C20H38O4. The summed E-state index contributed by atoms with van der Waals surface area (Å²) >= 11 is 0. The predicted molar refractivity (Wildman–Crippen MR) is 98.2 cm³/mol. The van der Waals surface area contributed by atoms with Crippen LogP contribution in [-0.4, -0.2) is 45.9 Å². The van der Waals surface area contributed by atoms with Gasteiger partial charge in [0.1, 0.15) is 6.10 Å². The van der Waals surface area contributed by atoms with E-state index in [4.69, 9.17) is 18.9 Å². The number of ether oxygens (including phenoxy) is 4. The molecule has 1 saturated heterocycles. The molecule has 1 aliphatic heterocycles. The minimum Gasteiger partial charge on any atom is -0.379 e. The zero-order valence-corrected chi connectivity index (χ0v) is 16.1. The third-order valence-corrected chi connectivity index (χ3v) is 4.95. The van der Waals surface area contributed by atoms with Crippen molar-refractivity contribution in [3.8, 4) is 0 Å². The van der Waals surface area contributed by atoms with E-state index in [1.165, 1.54) is 38.5 Å². The molecule has 4 heteroatoms. The van der Waals surface area contributed by atoms with Crippen LogP contribution in [-0.2, 0) is 18.9 Å². The third-order valence-electron chi connectivity index (χ3n) is 4.95. The average Bonchev–Trinajstić information content (AvgIpc) is 3.43. The Labute approximate surface area is 148 Å². The standard InChI is InChI=1S/C20H38O4/c1-5-7-8-9-10-11-13-18(20(6-2,21-3)22-4)14-12-15-23-16-19-17-24-19/h6,18-19H,2,5,7-17H2,1,3-4H3. The number of rotatable bonds is 17. The van der Waals surface area contributed by atoms with E-state index in [1.807, 2.05) is 6.08 Å². The molecule has 2 atom stereocenters. The summed E-state index contributed by atoms with van der Waals surface area (Å²) in [5.41, 5.74) is 0. The Bertz CT molecular complexity index is 311. The molecule has 1 aliphatic rings. The zero-order valence-electron chi connectivity index (χ0n) is 16.1. The molecule has 1 fully saturated rings. The largest absolute Gasteiger partial charge is 0.379 e. The van der Waals surface area contributed by atoms with Crippen LogP contribution in [0.5, 0.6) is 0 Å². The highest BCUT2D eigenvalue weighted by molar-refractivity contribution is 4.94. The van der Waals surface area contributed by atoms with Gasteiger partial charge in [-0.1, -0.05) is 52.0 Å². The molecule has 2 unspecified atom stereocenters. The lowest BCUT2D eigenvalue weighted by molar-refractivity contribution is -0.208. The number of unbranched alkanes of at least 4 members (excludes halogenated alkanes) is 5. The molecule has 0 spiro atoms. The maximum atomic E-state index is 5.70. The van der Waals surface area contributed by atoms with Crippen molar-refractivity contribution in [3.63, 3.8) is 0 Å². The average molecular weight is 343 g/mol. The van der Waals surface area contributed by atoms with Crippen molar-refractivity contribution in [2.75, 3.05) is 34.0 Å². The molecule has 1 rings (SSSR count). The fourth-order valence-corrected chi connectivity index (χ4v) is 3.28. The smallest absolute Gasteiger partial charge is 0.189 e. The third kappa shape index (κ3) is 8.11. The van der Waals surface area contributed by atoms with E-state index in [2.05, 4.69) is 13.5 Å². The summed E-state index contributed by atoms with van der Waals surface area (Å²) < 4.78 is 22.2. The van der Waals surface area contributed by atoms with Gasteiger partial charge in [-0.15, -0.1) is 0 Å². The van der Waals surface area contributed by atoms with Gasteiger partial charge in [-0.2, -0.15) is 0 Å². The van der Waals surface area contributed by atoms with Crippen molar-refractivity contribution in [1.29, 1.82) is 0 Å². The van der Waals surface area contributed by atoms with Gasteiger partial charge in [-0.3, -0.25) is 0 Å². The molecular weight excluding hydrogens is 304 g/mol. The summed E-state index contributed by atoms with van der Waals surface area (Å²) in [5.74, 6) is -0.361. The van der Waals surface area contributed by atoms with Gasteiger partial charge in [0.05, 0.1) is 13.2 Å². The first-order valence-electron chi connectivity index (χ1n) is 9.65. The lowest BCUT2D eigenvalue weighted by Crippen LogP contribution is -2.40. The summed E-state index contributed by atoms with van der Waals surface area (Å²) in [4.78, 5) is 0. The lowest BCUT2D eigenvalue weighted by Gasteiger charge is -2.36. The van der Waals surface area contributed by atoms with Gasteiger partial charge in [0, 0.05) is 26.7 Å². The van der Waals surface area contributed by atoms with Gasteiger partial charge in [-0.05, 0) is 25.3 Å². The van der Waals surface area contributed by atoms with Crippen molar-refractivity contribution < 1.29 is 18.9 Å². The van der Waals surface area contributed by atoms with E-state index >= 15 is 0 Å². The minimum atomic E-state index is -0.678. The molecule has 142 valence electrons. The van der Waals surface area contributed by atoms with E-state index in [0.29, 0.717) is 12.0 Å². The maximum absolute atomic E-state index is 5.70. The van der Waals surface area contributed by atoms with Crippen LogP contribution < -0.4 is 0 Å². The highest BCUT2D eigenvalue weighted by Gasteiger charge is 2.35. The first-order valence-corrected chi connectivity index (χ1v) is 9.65. The summed E-state index contributed by atoms with van der Waals surface area (Å²) in [7, 11) is 3.42. The first kappa shape index (κ1) is 21.6. The molecule has 0 bridgehead atoms. The molecule has 0 aliphatic carbocycles. The monoisotopic (exact) mass is 342 g/mol. The number of hydrogen-bond acceptors (Lipinski definition) is 4. The second-order valence-electron chi connectivity index (χ2n) is 6.76. The second kappa shape index (κ2) is 12.9. The quantitative estimate of drug-likeness (QED) is 0.166. The van der Waals surface area contributed by atoms with Crippen molar-refractivity contribution in [2.24, 2.45) is 5.92 Å². The van der Waals surface area contributed by atoms with Crippen molar-refractivity contribution in [1.82, 2.24) is 0 Å². The summed E-state index contributed by atoms with van der Waals surface area (Å²) in [6.07, 6.45) is 13.1. The van der Waals surface area contributed by atoms with Crippen LogP contribution in [0.25, 0.3) is 0 Å². The van der Waals surface area contributed by atoms with E-state index < -0.39 is 5.79 Å². The molecule has 0 radical (unpaired) electrons. The highest BCUT2D eigenvalue weighted by atomic mass is 16.7. The van der Waals surface area contributed by atoms with Crippen LogP contribution >= 0.6 is 0 Å². The van der Waals surface area contributed by atoms with Crippen molar-refractivity contribution >= 4 is 0 Å². The first-order chi connectivity index (χ1) is 11.7. The number of hydrogen-bond donors (Lipinski definition) is 0. The zero-order chi connectivity index (χ0) is 17.7. The number of methoxy groups -OCH3 is 2. The van der Waals surface area contributed by atoms with Crippen molar-refractivity contribution in [3.05, 3.63) is 12.7 Å². The van der Waals surface area contributed by atoms with Gasteiger partial charge >= 0.3 is 0 Å². The molecule has 0 aromatic rings. The van der Waals surface area contributed by atoms with E-state index in [1.54, 1.807) is 14.2 Å². The molecule has 4 nitrogen and oxygen atoms in total. The summed E-state index contributed by atoms with van der Waals surface area (Å²) in [6, 6.07) is 0. The normalized spacial score (nSPS) is 18.5.